The van der Waals surface area contributed by atoms with Crippen molar-refractivity contribution in [3.05, 3.63) is 71.8 Å². The van der Waals surface area contributed by atoms with Crippen molar-refractivity contribution in [2.24, 2.45) is 17.6 Å². The Kier molecular flexibility index (Phi) is 14.0. The summed E-state index contributed by atoms with van der Waals surface area (Å²) in [6.07, 6.45) is 2.71. The molecule has 2 aliphatic heterocycles. The molecule has 0 saturated carbocycles. The molecule has 10 heteroatoms. The minimum Gasteiger partial charge on any atom is -0.445 e. The van der Waals surface area contributed by atoms with Crippen LogP contribution in [0.15, 0.2) is 60.7 Å². The number of rotatable bonds is 7. The molecule has 4 rings (SSSR count). The third kappa shape index (κ3) is 13.0. The Morgan fingerprint density at radius 1 is 0.756 bits per heavy atom. The summed E-state index contributed by atoms with van der Waals surface area (Å²) < 4.78 is 16.0. The van der Waals surface area contributed by atoms with Gasteiger partial charge in [0.05, 0.1) is 0 Å². The van der Waals surface area contributed by atoms with Gasteiger partial charge >= 0.3 is 18.3 Å². The van der Waals surface area contributed by atoms with E-state index in [1.165, 1.54) is 0 Å². The lowest BCUT2D eigenvalue weighted by atomic mass is 9.90. The van der Waals surface area contributed by atoms with Crippen LogP contribution in [0.4, 0.5) is 14.4 Å². The molecule has 2 atom stereocenters. The molecule has 0 bridgehead atoms. The van der Waals surface area contributed by atoms with Gasteiger partial charge in [0.1, 0.15) is 18.8 Å². The zero-order valence-electron chi connectivity index (χ0n) is 27.6. The molecule has 2 fully saturated rings. The lowest BCUT2D eigenvalue weighted by molar-refractivity contribution is 0.0460. The number of alkyl carbamates (subject to hydrolysis) is 1. The largest absolute Gasteiger partial charge is 0.445 e. The van der Waals surface area contributed by atoms with Gasteiger partial charge in [-0.25, -0.2) is 14.4 Å². The Labute approximate surface area is 268 Å². The summed E-state index contributed by atoms with van der Waals surface area (Å²) in [6.45, 7) is 13.0. The van der Waals surface area contributed by atoms with Gasteiger partial charge in [0.25, 0.3) is 0 Å². The molecule has 0 aliphatic carbocycles. The minimum atomic E-state index is -0.504. The second-order valence-corrected chi connectivity index (χ2v) is 13.0. The molecule has 3 amide bonds. The number of carbonyl (C=O) groups is 3. The van der Waals surface area contributed by atoms with Crippen molar-refractivity contribution in [2.45, 2.75) is 91.2 Å². The molecular weight excluding hydrogens is 572 g/mol. The van der Waals surface area contributed by atoms with Gasteiger partial charge in [0.15, 0.2) is 0 Å². The van der Waals surface area contributed by atoms with E-state index in [0.717, 1.165) is 49.9 Å². The van der Waals surface area contributed by atoms with Gasteiger partial charge in [-0.3, -0.25) is 0 Å². The Balaban J connectivity index is 0.000000257. The molecule has 45 heavy (non-hydrogen) atoms. The number of carbonyl (C=O) groups excluding carboxylic acids is 3. The fourth-order valence-electron chi connectivity index (χ4n) is 5.42. The van der Waals surface area contributed by atoms with Crippen LogP contribution in [0, 0.1) is 11.8 Å². The van der Waals surface area contributed by atoms with Crippen LogP contribution in [0.3, 0.4) is 0 Å². The van der Waals surface area contributed by atoms with Crippen molar-refractivity contribution >= 4 is 18.3 Å². The number of piperidine rings is 2. The number of likely N-dealkylation sites (tertiary alicyclic amines) is 2. The quantitative estimate of drug-likeness (QED) is 0.345. The van der Waals surface area contributed by atoms with Crippen molar-refractivity contribution in [3.8, 4) is 0 Å². The maximum Gasteiger partial charge on any atom is 0.410 e. The number of hydrogen-bond donors (Lipinski definition) is 2. The summed E-state index contributed by atoms with van der Waals surface area (Å²) >= 11 is 0. The van der Waals surface area contributed by atoms with E-state index in [1.54, 1.807) is 9.80 Å². The Morgan fingerprint density at radius 3 is 1.53 bits per heavy atom. The van der Waals surface area contributed by atoms with Crippen LogP contribution < -0.4 is 11.1 Å². The highest BCUT2D eigenvalue weighted by Gasteiger charge is 2.29. The first-order valence-electron chi connectivity index (χ1n) is 16.1. The Morgan fingerprint density at radius 2 is 1.16 bits per heavy atom. The highest BCUT2D eigenvalue weighted by molar-refractivity contribution is 5.69. The predicted octanol–water partition coefficient (Wildman–Crippen LogP) is 6.33. The monoisotopic (exact) mass is 624 g/mol. The number of ether oxygens (including phenoxy) is 3. The van der Waals surface area contributed by atoms with Crippen molar-refractivity contribution in [2.75, 3.05) is 26.2 Å². The molecule has 0 aromatic heterocycles. The molecule has 0 unspecified atom stereocenters. The Bertz CT molecular complexity index is 1170. The van der Waals surface area contributed by atoms with Crippen LogP contribution in [0.25, 0.3) is 0 Å². The van der Waals surface area contributed by atoms with Crippen LogP contribution in [-0.2, 0) is 27.4 Å². The standard InChI is InChI=1S/C20H30N2O4.C15H22N2O2/c1-15(21-18(23)26-20(2,3)4)17-10-12-22(13-11-17)19(24)25-14-16-8-6-5-7-9-16;1-12(16)14-7-9-17(10-8-14)15(18)19-11-13-5-3-2-4-6-13/h5-9,15,17H,10-14H2,1-4H3,(H,21,23);2-6,12,14H,7-11,16H2,1H3/t15-;12-/m11/s1. The molecular formula is C35H52N4O6. The normalized spacial score (nSPS) is 17.3. The second kappa shape index (κ2) is 17.6. The maximum atomic E-state index is 12.2. The van der Waals surface area contributed by atoms with Crippen LogP contribution in [0.1, 0.15) is 71.4 Å². The summed E-state index contributed by atoms with van der Waals surface area (Å²) in [4.78, 5) is 39.5. The number of nitrogens with one attached hydrogen (secondary N) is 1. The van der Waals surface area contributed by atoms with E-state index in [9.17, 15) is 14.4 Å². The lowest BCUT2D eigenvalue weighted by Gasteiger charge is -2.34. The molecule has 2 heterocycles. The summed E-state index contributed by atoms with van der Waals surface area (Å²) in [5.74, 6) is 0.846. The zero-order valence-corrected chi connectivity index (χ0v) is 27.6. The lowest BCUT2D eigenvalue weighted by Crippen LogP contribution is -2.46. The molecule has 0 spiro atoms. The van der Waals surface area contributed by atoms with Crippen LogP contribution in [-0.4, -0.2) is 71.9 Å². The molecule has 2 aromatic carbocycles. The number of nitrogens with zero attached hydrogens (tertiary/aromatic N) is 2. The average molecular weight is 625 g/mol. The number of hydrogen-bond acceptors (Lipinski definition) is 7. The summed E-state index contributed by atoms with van der Waals surface area (Å²) in [5.41, 5.74) is 7.38. The molecule has 10 nitrogen and oxygen atoms in total. The predicted molar refractivity (Wildman–Crippen MR) is 174 cm³/mol. The zero-order chi connectivity index (χ0) is 32.8. The smallest absolute Gasteiger partial charge is 0.410 e. The van der Waals surface area contributed by atoms with Crippen LogP contribution >= 0.6 is 0 Å². The van der Waals surface area contributed by atoms with Crippen molar-refractivity contribution in [1.82, 2.24) is 15.1 Å². The van der Waals surface area contributed by atoms with Crippen molar-refractivity contribution in [3.63, 3.8) is 0 Å². The highest BCUT2D eigenvalue weighted by Crippen LogP contribution is 2.22. The highest BCUT2D eigenvalue weighted by atomic mass is 16.6. The first-order valence-corrected chi connectivity index (χ1v) is 16.1. The number of benzene rings is 2. The molecule has 0 radical (unpaired) electrons. The van der Waals surface area contributed by atoms with Gasteiger partial charge in [-0.1, -0.05) is 60.7 Å². The fraction of sp³-hybridized carbons (Fsp3) is 0.571. The molecule has 2 aliphatic rings. The van der Waals surface area contributed by atoms with Crippen LogP contribution in [0.2, 0.25) is 0 Å². The molecule has 2 saturated heterocycles. The van der Waals surface area contributed by atoms with E-state index in [4.69, 9.17) is 19.9 Å². The van der Waals surface area contributed by atoms with E-state index < -0.39 is 11.7 Å². The van der Waals surface area contributed by atoms with E-state index in [2.05, 4.69) is 5.32 Å². The van der Waals surface area contributed by atoms with Gasteiger partial charge in [-0.2, -0.15) is 0 Å². The van der Waals surface area contributed by atoms with Gasteiger partial charge in [-0.15, -0.1) is 0 Å². The van der Waals surface area contributed by atoms with Crippen LogP contribution in [0.5, 0.6) is 0 Å². The number of amides is 3. The second-order valence-electron chi connectivity index (χ2n) is 13.0. The maximum absolute atomic E-state index is 12.2. The minimum absolute atomic E-state index is 0.00680. The van der Waals surface area contributed by atoms with Gasteiger partial charge in [0, 0.05) is 38.3 Å². The van der Waals surface area contributed by atoms with Gasteiger partial charge in [0.2, 0.25) is 0 Å². The molecule has 248 valence electrons. The SMILES string of the molecule is C[C@@H](N)C1CCN(C(=O)OCc2ccccc2)CC1.C[C@@H](NC(=O)OC(C)(C)C)C1CCN(C(=O)OCc2ccccc2)CC1. The average Bonchev–Trinajstić information content (AvgIpc) is 3.03. The third-order valence-electron chi connectivity index (χ3n) is 8.20. The molecule has 2 aromatic rings. The number of nitrogens with two attached hydrogens (primary N) is 1. The summed E-state index contributed by atoms with van der Waals surface area (Å²) in [7, 11) is 0. The van der Waals surface area contributed by atoms with Gasteiger partial charge < -0.3 is 35.1 Å². The van der Waals surface area contributed by atoms with E-state index in [-0.39, 0.29) is 30.9 Å². The van der Waals surface area contributed by atoms with E-state index in [1.807, 2.05) is 95.3 Å². The van der Waals surface area contributed by atoms with Gasteiger partial charge in [-0.05, 0) is 83.3 Å². The van der Waals surface area contributed by atoms with E-state index >= 15 is 0 Å². The van der Waals surface area contributed by atoms with Crippen molar-refractivity contribution < 1.29 is 28.6 Å². The summed E-state index contributed by atoms with van der Waals surface area (Å²) in [6, 6.07) is 19.6. The van der Waals surface area contributed by atoms with Crippen molar-refractivity contribution in [1.29, 1.82) is 0 Å². The first kappa shape index (κ1) is 35.7. The topological polar surface area (TPSA) is 123 Å². The summed E-state index contributed by atoms with van der Waals surface area (Å²) in [5, 5.41) is 2.90. The van der Waals surface area contributed by atoms with E-state index in [0.29, 0.717) is 31.5 Å². The fourth-order valence-corrected chi connectivity index (χ4v) is 5.42. The Hall–Kier alpha value is -3.79. The first-order chi connectivity index (χ1) is 21.4. The third-order valence-corrected chi connectivity index (χ3v) is 8.20. The molecule has 3 N–H and O–H groups in total.